The standard InChI is InChI=1S/C13H10Cl2N2O4S/c1-7-4-9(2-3-10(7)15)22(20,21)17-11-5-8(14)6-16-12(11)13(18)19/h2-6,17H,1H3,(H,18,19). The molecule has 0 amide bonds. The van der Waals surface area contributed by atoms with Crippen molar-refractivity contribution in [3.8, 4) is 0 Å². The van der Waals surface area contributed by atoms with Crippen molar-refractivity contribution in [1.29, 1.82) is 0 Å². The summed E-state index contributed by atoms with van der Waals surface area (Å²) in [5, 5.41) is 9.58. The molecule has 2 N–H and O–H groups in total. The van der Waals surface area contributed by atoms with Crippen LogP contribution in [0.5, 0.6) is 0 Å². The highest BCUT2D eigenvalue weighted by Gasteiger charge is 2.20. The summed E-state index contributed by atoms with van der Waals surface area (Å²) in [6.07, 6.45) is 1.12. The molecule has 116 valence electrons. The summed E-state index contributed by atoms with van der Waals surface area (Å²) >= 11 is 11.6. The first-order valence-corrected chi connectivity index (χ1v) is 8.12. The molecule has 0 spiro atoms. The van der Waals surface area contributed by atoms with Crippen LogP contribution in [0.25, 0.3) is 0 Å². The second-order valence-electron chi connectivity index (χ2n) is 4.37. The lowest BCUT2D eigenvalue weighted by atomic mass is 10.2. The van der Waals surface area contributed by atoms with E-state index in [1.807, 2.05) is 0 Å². The predicted octanol–water partition coefficient (Wildman–Crippen LogP) is 3.20. The Hall–Kier alpha value is -1.83. The lowest BCUT2D eigenvalue weighted by Gasteiger charge is -2.11. The number of aromatic nitrogens is 1. The molecule has 0 saturated carbocycles. The van der Waals surface area contributed by atoms with Gasteiger partial charge >= 0.3 is 5.97 Å². The average Bonchev–Trinajstić information content (AvgIpc) is 2.41. The molecule has 0 radical (unpaired) electrons. The van der Waals surface area contributed by atoms with Crippen molar-refractivity contribution < 1.29 is 18.3 Å². The number of rotatable bonds is 4. The Balaban J connectivity index is 2.47. The van der Waals surface area contributed by atoms with Gasteiger partial charge in [-0.15, -0.1) is 0 Å². The van der Waals surface area contributed by atoms with Crippen molar-refractivity contribution in [3.05, 3.63) is 51.8 Å². The fraction of sp³-hybridized carbons (Fsp3) is 0.0769. The van der Waals surface area contributed by atoms with Gasteiger partial charge in [0.25, 0.3) is 10.0 Å². The van der Waals surface area contributed by atoms with Crippen molar-refractivity contribution in [2.75, 3.05) is 4.72 Å². The number of hydrogen-bond acceptors (Lipinski definition) is 4. The molecule has 1 aromatic carbocycles. The number of aromatic carboxylic acids is 1. The van der Waals surface area contributed by atoms with Gasteiger partial charge in [-0.25, -0.2) is 18.2 Å². The summed E-state index contributed by atoms with van der Waals surface area (Å²) < 4.78 is 26.8. The largest absolute Gasteiger partial charge is 0.476 e. The van der Waals surface area contributed by atoms with Gasteiger partial charge in [-0.05, 0) is 36.8 Å². The first kappa shape index (κ1) is 16.5. The molecule has 0 fully saturated rings. The van der Waals surface area contributed by atoms with Crippen LogP contribution in [0.4, 0.5) is 5.69 Å². The minimum Gasteiger partial charge on any atom is -0.476 e. The number of pyridine rings is 1. The number of aryl methyl sites for hydroxylation is 1. The van der Waals surface area contributed by atoms with Crippen LogP contribution in [-0.4, -0.2) is 24.5 Å². The molecule has 0 aliphatic carbocycles. The van der Waals surface area contributed by atoms with Crippen molar-refractivity contribution >= 4 is 44.9 Å². The summed E-state index contributed by atoms with van der Waals surface area (Å²) in [6, 6.07) is 5.32. The average molecular weight is 361 g/mol. The molecule has 1 aromatic heterocycles. The van der Waals surface area contributed by atoms with Crippen LogP contribution < -0.4 is 4.72 Å². The van der Waals surface area contributed by atoms with Crippen LogP contribution in [-0.2, 0) is 10.0 Å². The Morgan fingerprint density at radius 3 is 2.55 bits per heavy atom. The van der Waals surface area contributed by atoms with Gasteiger partial charge in [0.2, 0.25) is 0 Å². The van der Waals surface area contributed by atoms with Crippen LogP contribution in [0.1, 0.15) is 16.1 Å². The number of carboxylic acid groups (broad SMARTS) is 1. The van der Waals surface area contributed by atoms with Crippen LogP contribution in [0.2, 0.25) is 10.0 Å². The van der Waals surface area contributed by atoms with E-state index in [-0.39, 0.29) is 15.6 Å². The maximum atomic E-state index is 12.3. The van der Waals surface area contributed by atoms with Crippen molar-refractivity contribution in [3.63, 3.8) is 0 Å². The van der Waals surface area contributed by atoms with Crippen LogP contribution in [0, 0.1) is 6.92 Å². The molecule has 0 atom stereocenters. The summed E-state index contributed by atoms with van der Waals surface area (Å²) in [5.41, 5.74) is -0.0847. The first-order chi connectivity index (χ1) is 10.2. The number of anilines is 1. The van der Waals surface area contributed by atoms with Gasteiger partial charge in [0.1, 0.15) is 0 Å². The number of hydrogen-bond donors (Lipinski definition) is 2. The molecule has 0 bridgehead atoms. The fourth-order valence-corrected chi connectivity index (χ4v) is 3.09. The molecule has 0 saturated heterocycles. The van der Waals surface area contributed by atoms with E-state index in [4.69, 9.17) is 28.3 Å². The van der Waals surface area contributed by atoms with Crippen LogP contribution >= 0.6 is 23.2 Å². The summed E-state index contributed by atoms with van der Waals surface area (Å²) in [6.45, 7) is 1.66. The Kier molecular flexibility index (Phi) is 4.60. The Morgan fingerprint density at radius 2 is 1.95 bits per heavy atom. The van der Waals surface area contributed by atoms with Gasteiger partial charge in [-0.2, -0.15) is 0 Å². The zero-order valence-corrected chi connectivity index (χ0v) is 13.5. The van der Waals surface area contributed by atoms with Crippen LogP contribution in [0.15, 0.2) is 35.4 Å². The van der Waals surface area contributed by atoms with E-state index < -0.39 is 21.7 Å². The number of carboxylic acids is 1. The van der Waals surface area contributed by atoms with E-state index in [0.29, 0.717) is 10.6 Å². The quantitative estimate of drug-likeness (QED) is 0.872. The second-order valence-corrected chi connectivity index (χ2v) is 6.90. The van der Waals surface area contributed by atoms with Gasteiger partial charge in [0.05, 0.1) is 15.6 Å². The molecular weight excluding hydrogens is 351 g/mol. The molecule has 22 heavy (non-hydrogen) atoms. The third kappa shape index (κ3) is 3.49. The molecule has 0 aliphatic rings. The van der Waals surface area contributed by atoms with Gasteiger partial charge < -0.3 is 5.11 Å². The zero-order valence-electron chi connectivity index (χ0n) is 11.2. The summed E-state index contributed by atoms with van der Waals surface area (Å²) in [4.78, 5) is 14.7. The van der Waals surface area contributed by atoms with Crippen molar-refractivity contribution in [2.24, 2.45) is 0 Å². The molecule has 2 aromatic rings. The molecular formula is C13H10Cl2N2O4S. The van der Waals surface area contributed by atoms with E-state index in [9.17, 15) is 13.2 Å². The van der Waals surface area contributed by atoms with Crippen LogP contribution in [0.3, 0.4) is 0 Å². The maximum absolute atomic E-state index is 12.3. The number of nitrogens with zero attached hydrogens (tertiary/aromatic N) is 1. The smallest absolute Gasteiger partial charge is 0.356 e. The maximum Gasteiger partial charge on any atom is 0.356 e. The van der Waals surface area contributed by atoms with Gasteiger partial charge in [-0.3, -0.25) is 4.72 Å². The highest BCUT2D eigenvalue weighted by molar-refractivity contribution is 7.92. The van der Waals surface area contributed by atoms with E-state index >= 15 is 0 Å². The number of carbonyl (C=O) groups is 1. The SMILES string of the molecule is Cc1cc(S(=O)(=O)Nc2cc(Cl)cnc2C(=O)O)ccc1Cl. The van der Waals surface area contributed by atoms with Gasteiger partial charge in [-0.1, -0.05) is 23.2 Å². The summed E-state index contributed by atoms with van der Waals surface area (Å²) in [5.74, 6) is -1.37. The molecule has 0 aliphatic heterocycles. The third-order valence-corrected chi connectivity index (χ3v) is 4.73. The highest BCUT2D eigenvalue weighted by atomic mass is 35.5. The number of sulfonamides is 1. The van der Waals surface area contributed by atoms with E-state index in [1.54, 1.807) is 6.92 Å². The minimum atomic E-state index is -4.00. The highest BCUT2D eigenvalue weighted by Crippen LogP contribution is 2.24. The molecule has 2 rings (SSSR count). The lowest BCUT2D eigenvalue weighted by Crippen LogP contribution is -2.16. The monoisotopic (exact) mass is 360 g/mol. The number of halogens is 2. The Morgan fingerprint density at radius 1 is 1.27 bits per heavy atom. The van der Waals surface area contributed by atoms with Gasteiger partial charge in [0.15, 0.2) is 5.69 Å². The topological polar surface area (TPSA) is 96.4 Å². The normalized spacial score (nSPS) is 11.2. The predicted molar refractivity (Wildman–Crippen MR) is 83.2 cm³/mol. The fourth-order valence-electron chi connectivity index (χ4n) is 1.68. The zero-order chi connectivity index (χ0) is 16.5. The molecule has 1 heterocycles. The lowest BCUT2D eigenvalue weighted by molar-refractivity contribution is 0.0692. The Labute approximate surface area is 136 Å². The van der Waals surface area contributed by atoms with Crippen molar-refractivity contribution in [1.82, 2.24) is 4.98 Å². The minimum absolute atomic E-state index is 0.0503. The van der Waals surface area contributed by atoms with E-state index in [1.165, 1.54) is 24.3 Å². The third-order valence-electron chi connectivity index (χ3n) is 2.74. The second kappa shape index (κ2) is 6.12. The number of nitrogens with one attached hydrogen (secondary N) is 1. The molecule has 0 unspecified atom stereocenters. The van der Waals surface area contributed by atoms with Crippen molar-refractivity contribution in [2.45, 2.75) is 11.8 Å². The van der Waals surface area contributed by atoms with E-state index in [2.05, 4.69) is 9.71 Å². The number of benzene rings is 1. The summed E-state index contributed by atoms with van der Waals surface area (Å²) in [7, 11) is -4.00. The Bertz CT molecular complexity index is 853. The van der Waals surface area contributed by atoms with E-state index in [0.717, 1.165) is 6.20 Å². The molecule has 6 nitrogen and oxygen atoms in total. The van der Waals surface area contributed by atoms with Gasteiger partial charge in [0, 0.05) is 11.2 Å². The first-order valence-electron chi connectivity index (χ1n) is 5.88. The molecule has 9 heteroatoms.